The van der Waals surface area contributed by atoms with Gasteiger partial charge in [-0.2, -0.15) is 0 Å². The van der Waals surface area contributed by atoms with Crippen LogP contribution in [0.1, 0.15) is 24.4 Å². The minimum Gasteiger partial charge on any atom is -0.293 e. The van der Waals surface area contributed by atoms with Gasteiger partial charge in [0, 0.05) is 16.6 Å². The Hall–Kier alpha value is -1.10. The summed E-state index contributed by atoms with van der Waals surface area (Å²) in [7, 11) is 0. The Morgan fingerprint density at radius 2 is 1.79 bits per heavy atom. The summed E-state index contributed by atoms with van der Waals surface area (Å²) in [6.45, 7) is 0.735. The predicted molar refractivity (Wildman–Crippen MR) is 72.1 cm³/mol. The molecule has 1 aromatic rings. The van der Waals surface area contributed by atoms with Gasteiger partial charge in [-0.05, 0) is 36.6 Å². The summed E-state index contributed by atoms with van der Waals surface area (Å²) < 4.78 is 0. The molecule has 2 saturated heterocycles. The molecular weight excluding hydrogens is 287 g/mol. The summed E-state index contributed by atoms with van der Waals surface area (Å²) in [5.41, 5.74) is 0.731. The fraction of sp³-hybridized carbons (Fsp3) is 0.385. The molecule has 2 amide bonds. The van der Waals surface area contributed by atoms with E-state index in [9.17, 15) is 9.59 Å². The summed E-state index contributed by atoms with van der Waals surface area (Å²) in [5.74, 6) is -0.506. The molecule has 2 heterocycles. The van der Waals surface area contributed by atoms with Crippen molar-refractivity contribution in [2.24, 2.45) is 0 Å². The highest BCUT2D eigenvalue weighted by Gasteiger charge is 2.44. The molecule has 4 nitrogen and oxygen atoms in total. The Labute approximate surface area is 120 Å². The molecule has 1 N–H and O–H groups in total. The van der Waals surface area contributed by atoms with Gasteiger partial charge in [0.1, 0.15) is 6.04 Å². The van der Waals surface area contributed by atoms with Crippen molar-refractivity contribution in [3.05, 3.63) is 33.8 Å². The van der Waals surface area contributed by atoms with Crippen molar-refractivity contribution in [1.82, 2.24) is 10.2 Å². The lowest BCUT2D eigenvalue weighted by atomic mass is 10.00. The molecule has 0 unspecified atom stereocenters. The van der Waals surface area contributed by atoms with Crippen LogP contribution in [0.5, 0.6) is 0 Å². The maximum absolute atomic E-state index is 12.1. The van der Waals surface area contributed by atoms with Crippen LogP contribution in [0, 0.1) is 0 Å². The minimum atomic E-state index is -0.485. The third kappa shape index (κ3) is 2.24. The van der Waals surface area contributed by atoms with Crippen molar-refractivity contribution in [2.75, 3.05) is 6.54 Å². The van der Waals surface area contributed by atoms with Gasteiger partial charge in [0.2, 0.25) is 11.8 Å². The number of carbonyl (C=O) groups excluding carboxylic acids is 2. The third-order valence-corrected chi connectivity index (χ3v) is 4.06. The summed E-state index contributed by atoms with van der Waals surface area (Å²) >= 11 is 12.0. The fourth-order valence-corrected chi connectivity index (χ4v) is 3.42. The molecule has 100 valence electrons. The number of hydrogen-bond donors (Lipinski definition) is 1. The SMILES string of the molecule is O=C1NC(=O)[C@@H]2CCCN2[C@H]1c1cc(Cl)cc(Cl)c1. The predicted octanol–water partition coefficient (Wildman–Crippen LogP) is 2.16. The highest BCUT2D eigenvalue weighted by molar-refractivity contribution is 6.34. The molecule has 1 aromatic carbocycles. The monoisotopic (exact) mass is 298 g/mol. The van der Waals surface area contributed by atoms with Gasteiger partial charge in [-0.3, -0.25) is 19.8 Å². The normalized spacial score (nSPS) is 27.3. The molecule has 2 fully saturated rings. The maximum Gasteiger partial charge on any atom is 0.248 e. The zero-order valence-electron chi connectivity index (χ0n) is 10.0. The lowest BCUT2D eigenvalue weighted by Crippen LogP contribution is -2.56. The molecule has 0 spiro atoms. The number of fused-ring (bicyclic) bond motifs is 1. The van der Waals surface area contributed by atoms with Gasteiger partial charge in [-0.1, -0.05) is 23.2 Å². The van der Waals surface area contributed by atoms with Gasteiger partial charge >= 0.3 is 0 Å². The molecule has 0 radical (unpaired) electrons. The Bertz CT molecular complexity index is 541. The Morgan fingerprint density at radius 3 is 2.47 bits per heavy atom. The molecule has 0 bridgehead atoms. The second kappa shape index (κ2) is 4.78. The Morgan fingerprint density at radius 1 is 1.11 bits per heavy atom. The van der Waals surface area contributed by atoms with Crippen molar-refractivity contribution in [3.8, 4) is 0 Å². The van der Waals surface area contributed by atoms with E-state index in [1.807, 2.05) is 4.90 Å². The number of imide groups is 1. The highest BCUT2D eigenvalue weighted by Crippen LogP contribution is 2.34. The number of piperazine rings is 1. The van der Waals surface area contributed by atoms with Gasteiger partial charge in [0.05, 0.1) is 6.04 Å². The first kappa shape index (κ1) is 12.9. The number of carbonyl (C=O) groups is 2. The number of amides is 2. The van der Waals surface area contributed by atoms with E-state index in [-0.39, 0.29) is 17.9 Å². The van der Waals surface area contributed by atoms with Crippen LogP contribution < -0.4 is 5.32 Å². The van der Waals surface area contributed by atoms with Gasteiger partial charge in [0.25, 0.3) is 0 Å². The Balaban J connectivity index is 2.02. The number of rotatable bonds is 1. The number of nitrogens with zero attached hydrogens (tertiary/aromatic N) is 1. The Kier molecular flexibility index (Phi) is 3.25. The van der Waals surface area contributed by atoms with Crippen LogP contribution in [-0.4, -0.2) is 29.3 Å². The summed E-state index contributed by atoms with van der Waals surface area (Å²) in [6.07, 6.45) is 1.69. The maximum atomic E-state index is 12.1. The van der Waals surface area contributed by atoms with Crippen LogP contribution in [0.2, 0.25) is 10.0 Å². The summed E-state index contributed by atoms with van der Waals surface area (Å²) in [6, 6.07) is 4.37. The van der Waals surface area contributed by atoms with Crippen LogP contribution in [0.3, 0.4) is 0 Å². The molecule has 2 aliphatic rings. The first-order chi connectivity index (χ1) is 9.06. The van der Waals surface area contributed by atoms with Crippen LogP contribution in [0.15, 0.2) is 18.2 Å². The minimum absolute atomic E-state index is 0.202. The molecule has 19 heavy (non-hydrogen) atoms. The number of benzene rings is 1. The van der Waals surface area contributed by atoms with Crippen molar-refractivity contribution >= 4 is 35.0 Å². The molecular formula is C13H12Cl2N2O2. The molecule has 0 saturated carbocycles. The topological polar surface area (TPSA) is 49.4 Å². The molecule has 3 rings (SSSR count). The van der Waals surface area contributed by atoms with Crippen molar-refractivity contribution in [1.29, 1.82) is 0 Å². The second-order valence-corrected chi connectivity index (χ2v) is 5.73. The van der Waals surface area contributed by atoms with E-state index in [0.29, 0.717) is 10.0 Å². The lowest BCUT2D eigenvalue weighted by molar-refractivity contribution is -0.143. The first-order valence-electron chi connectivity index (χ1n) is 6.13. The zero-order valence-corrected chi connectivity index (χ0v) is 11.5. The standard InChI is InChI=1S/C13H12Cl2N2O2/c14-8-4-7(5-9(15)6-8)11-13(19)16-12(18)10-2-1-3-17(10)11/h4-6,10-11H,1-3H2,(H,16,18,19)/t10-,11-/m0/s1. The quantitative estimate of drug-likeness (QED) is 0.808. The second-order valence-electron chi connectivity index (χ2n) is 4.85. The van der Waals surface area contributed by atoms with Crippen LogP contribution in [0.25, 0.3) is 0 Å². The van der Waals surface area contributed by atoms with E-state index in [0.717, 1.165) is 24.9 Å². The highest BCUT2D eigenvalue weighted by atomic mass is 35.5. The average molecular weight is 299 g/mol. The molecule has 0 aromatic heterocycles. The lowest BCUT2D eigenvalue weighted by Gasteiger charge is -2.35. The van der Waals surface area contributed by atoms with Gasteiger partial charge in [0.15, 0.2) is 0 Å². The number of nitrogens with one attached hydrogen (secondary N) is 1. The largest absolute Gasteiger partial charge is 0.293 e. The van der Waals surface area contributed by atoms with Gasteiger partial charge < -0.3 is 0 Å². The molecule has 2 atom stereocenters. The summed E-state index contributed by atoms with van der Waals surface area (Å²) in [5, 5.41) is 3.41. The molecule has 6 heteroatoms. The molecule has 0 aliphatic carbocycles. The van der Waals surface area contributed by atoms with E-state index in [4.69, 9.17) is 23.2 Å². The smallest absolute Gasteiger partial charge is 0.248 e. The zero-order chi connectivity index (χ0) is 13.6. The number of hydrogen-bond acceptors (Lipinski definition) is 3. The van der Waals surface area contributed by atoms with E-state index < -0.39 is 6.04 Å². The van der Waals surface area contributed by atoms with Crippen molar-refractivity contribution in [3.63, 3.8) is 0 Å². The van der Waals surface area contributed by atoms with E-state index in [2.05, 4.69) is 5.32 Å². The van der Waals surface area contributed by atoms with E-state index >= 15 is 0 Å². The molecule has 2 aliphatic heterocycles. The van der Waals surface area contributed by atoms with Crippen molar-refractivity contribution in [2.45, 2.75) is 24.9 Å². The fourth-order valence-electron chi connectivity index (χ4n) is 2.88. The van der Waals surface area contributed by atoms with Crippen LogP contribution in [-0.2, 0) is 9.59 Å². The summed E-state index contributed by atoms with van der Waals surface area (Å²) in [4.78, 5) is 25.8. The first-order valence-corrected chi connectivity index (χ1v) is 6.88. The van der Waals surface area contributed by atoms with Gasteiger partial charge in [-0.25, -0.2) is 0 Å². The third-order valence-electron chi connectivity index (χ3n) is 3.62. The van der Waals surface area contributed by atoms with Crippen LogP contribution in [0.4, 0.5) is 0 Å². The number of halogens is 2. The van der Waals surface area contributed by atoms with E-state index in [1.54, 1.807) is 18.2 Å². The van der Waals surface area contributed by atoms with Crippen LogP contribution >= 0.6 is 23.2 Å². The van der Waals surface area contributed by atoms with Gasteiger partial charge in [-0.15, -0.1) is 0 Å². The average Bonchev–Trinajstić information content (AvgIpc) is 2.76. The van der Waals surface area contributed by atoms with Crippen molar-refractivity contribution < 1.29 is 9.59 Å². The van der Waals surface area contributed by atoms with E-state index in [1.165, 1.54) is 0 Å².